The van der Waals surface area contributed by atoms with E-state index in [9.17, 15) is 4.79 Å². The van der Waals surface area contributed by atoms with Gasteiger partial charge in [-0.15, -0.1) is 5.10 Å². The predicted octanol–water partition coefficient (Wildman–Crippen LogP) is -0.0201. The lowest BCUT2D eigenvalue weighted by Gasteiger charge is -1.96. The summed E-state index contributed by atoms with van der Waals surface area (Å²) in [6.07, 6.45) is 1.59. The first-order chi connectivity index (χ1) is 5.74. The molecule has 6 heteroatoms. The van der Waals surface area contributed by atoms with Gasteiger partial charge >= 0.3 is 0 Å². The van der Waals surface area contributed by atoms with Crippen molar-refractivity contribution in [2.75, 3.05) is 11.0 Å². The molecule has 0 bridgehead atoms. The van der Waals surface area contributed by atoms with Crippen molar-refractivity contribution in [3.8, 4) is 0 Å². The van der Waals surface area contributed by atoms with Crippen LogP contribution in [0.15, 0.2) is 6.20 Å². The van der Waals surface area contributed by atoms with Gasteiger partial charge in [0.2, 0.25) is 0 Å². The highest BCUT2D eigenvalue weighted by atomic mass is 127. The van der Waals surface area contributed by atoms with Crippen molar-refractivity contribution < 1.29 is 4.79 Å². The van der Waals surface area contributed by atoms with Crippen LogP contribution in [0, 0.1) is 0 Å². The number of hydrogen-bond donors (Lipinski definition) is 1. The highest BCUT2D eigenvalue weighted by Crippen LogP contribution is 1.90. The van der Waals surface area contributed by atoms with Crippen LogP contribution in [-0.2, 0) is 7.05 Å². The maximum absolute atomic E-state index is 11.2. The Labute approximate surface area is 83.7 Å². The fourth-order valence-electron chi connectivity index (χ4n) is 0.703. The van der Waals surface area contributed by atoms with Crippen LogP contribution in [0.3, 0.4) is 0 Å². The SMILES string of the molecule is Cn1cc(C(=O)NCCI)nn1. The van der Waals surface area contributed by atoms with Crippen LogP contribution >= 0.6 is 22.6 Å². The Kier molecular flexibility index (Phi) is 3.45. The Hall–Kier alpha value is -0.660. The van der Waals surface area contributed by atoms with Gasteiger partial charge in [0.15, 0.2) is 5.69 Å². The van der Waals surface area contributed by atoms with Crippen LogP contribution in [0.25, 0.3) is 0 Å². The lowest BCUT2D eigenvalue weighted by molar-refractivity contribution is 0.0951. The zero-order chi connectivity index (χ0) is 8.97. The van der Waals surface area contributed by atoms with Crippen LogP contribution in [0.5, 0.6) is 0 Å². The van der Waals surface area contributed by atoms with Gasteiger partial charge in [-0.3, -0.25) is 9.48 Å². The molecule has 0 unspecified atom stereocenters. The molecule has 1 amide bonds. The van der Waals surface area contributed by atoms with Gasteiger partial charge in [-0.05, 0) is 0 Å². The Morgan fingerprint density at radius 3 is 3.08 bits per heavy atom. The number of carbonyl (C=O) groups excluding carboxylic acids is 1. The number of aromatic nitrogens is 3. The maximum Gasteiger partial charge on any atom is 0.273 e. The summed E-state index contributed by atoms with van der Waals surface area (Å²) in [5, 5.41) is 10.0. The van der Waals surface area contributed by atoms with Gasteiger partial charge in [-0.2, -0.15) is 0 Å². The molecule has 0 aliphatic carbocycles. The highest BCUT2D eigenvalue weighted by molar-refractivity contribution is 14.1. The normalized spacial score (nSPS) is 9.83. The number of halogens is 1. The molecule has 0 fully saturated rings. The van der Waals surface area contributed by atoms with Crippen molar-refractivity contribution in [2.24, 2.45) is 7.05 Å². The van der Waals surface area contributed by atoms with E-state index in [0.29, 0.717) is 12.2 Å². The number of aryl methyl sites for hydroxylation is 1. The summed E-state index contributed by atoms with van der Waals surface area (Å²) in [7, 11) is 1.72. The van der Waals surface area contributed by atoms with Crippen molar-refractivity contribution in [3.63, 3.8) is 0 Å². The van der Waals surface area contributed by atoms with Gasteiger partial charge < -0.3 is 5.32 Å². The van der Waals surface area contributed by atoms with E-state index in [4.69, 9.17) is 0 Å². The first-order valence-corrected chi connectivity index (χ1v) is 4.97. The van der Waals surface area contributed by atoms with Crippen molar-refractivity contribution >= 4 is 28.5 Å². The predicted molar refractivity (Wildman–Crippen MR) is 52.2 cm³/mol. The molecular formula is C6H9IN4O. The van der Waals surface area contributed by atoms with E-state index in [1.165, 1.54) is 4.68 Å². The second-order valence-corrected chi connectivity index (χ2v) is 3.30. The molecule has 0 radical (unpaired) electrons. The minimum absolute atomic E-state index is 0.167. The van der Waals surface area contributed by atoms with E-state index >= 15 is 0 Å². The molecule has 0 aliphatic rings. The second kappa shape index (κ2) is 4.39. The zero-order valence-corrected chi connectivity index (χ0v) is 8.78. The second-order valence-electron chi connectivity index (χ2n) is 2.22. The third kappa shape index (κ3) is 2.43. The van der Waals surface area contributed by atoms with Crippen LogP contribution in [0.4, 0.5) is 0 Å². The van der Waals surface area contributed by atoms with Crippen molar-refractivity contribution in [1.82, 2.24) is 20.3 Å². The van der Waals surface area contributed by atoms with E-state index in [-0.39, 0.29) is 5.91 Å². The number of rotatable bonds is 3. The first-order valence-electron chi connectivity index (χ1n) is 3.44. The monoisotopic (exact) mass is 280 g/mol. The summed E-state index contributed by atoms with van der Waals surface area (Å²) >= 11 is 2.19. The number of alkyl halides is 1. The molecule has 1 heterocycles. The van der Waals surface area contributed by atoms with Crippen LogP contribution < -0.4 is 5.32 Å². The number of carbonyl (C=O) groups is 1. The molecule has 0 spiro atoms. The van der Waals surface area contributed by atoms with E-state index in [1.54, 1.807) is 13.2 Å². The Balaban J connectivity index is 2.53. The summed E-state index contributed by atoms with van der Waals surface area (Å²) in [6.45, 7) is 0.663. The fourth-order valence-corrected chi connectivity index (χ4v) is 0.972. The topological polar surface area (TPSA) is 59.8 Å². The standard InChI is InChI=1S/C6H9IN4O/c1-11-4-5(9-10-11)6(12)8-3-2-7/h4H,2-3H2,1H3,(H,8,12). The summed E-state index contributed by atoms with van der Waals surface area (Å²) in [5.74, 6) is -0.167. The minimum Gasteiger partial charge on any atom is -0.350 e. The summed E-state index contributed by atoms with van der Waals surface area (Å²) < 4.78 is 2.39. The van der Waals surface area contributed by atoms with Crippen molar-refractivity contribution in [2.45, 2.75) is 0 Å². The van der Waals surface area contributed by atoms with Gasteiger partial charge in [0.1, 0.15) is 0 Å². The molecule has 1 aromatic heterocycles. The highest BCUT2D eigenvalue weighted by Gasteiger charge is 2.07. The molecule has 0 atom stereocenters. The first kappa shape index (κ1) is 9.43. The molecular weight excluding hydrogens is 271 g/mol. The number of nitrogens with zero attached hydrogens (tertiary/aromatic N) is 3. The lowest BCUT2D eigenvalue weighted by atomic mass is 10.4. The van der Waals surface area contributed by atoms with E-state index < -0.39 is 0 Å². The molecule has 5 nitrogen and oxygen atoms in total. The molecule has 0 saturated heterocycles. The summed E-state index contributed by atoms with van der Waals surface area (Å²) in [4.78, 5) is 11.2. The molecule has 0 saturated carbocycles. The minimum atomic E-state index is -0.167. The van der Waals surface area contributed by atoms with Crippen LogP contribution in [0.1, 0.15) is 10.5 Å². The van der Waals surface area contributed by atoms with E-state index in [1.807, 2.05) is 0 Å². The van der Waals surface area contributed by atoms with Gasteiger partial charge in [0.25, 0.3) is 5.91 Å². The summed E-state index contributed by atoms with van der Waals surface area (Å²) in [5.41, 5.74) is 0.363. The van der Waals surface area contributed by atoms with Crippen molar-refractivity contribution in [3.05, 3.63) is 11.9 Å². The van der Waals surface area contributed by atoms with E-state index in [2.05, 4.69) is 38.2 Å². The molecule has 0 aromatic carbocycles. The van der Waals surface area contributed by atoms with Gasteiger partial charge in [-0.1, -0.05) is 27.8 Å². The number of hydrogen-bond acceptors (Lipinski definition) is 3. The zero-order valence-electron chi connectivity index (χ0n) is 6.62. The largest absolute Gasteiger partial charge is 0.350 e. The molecule has 1 aromatic rings. The molecule has 1 N–H and O–H groups in total. The Morgan fingerprint density at radius 2 is 2.58 bits per heavy atom. The quantitative estimate of drug-likeness (QED) is 0.625. The maximum atomic E-state index is 11.2. The smallest absolute Gasteiger partial charge is 0.273 e. The van der Waals surface area contributed by atoms with Crippen LogP contribution in [0.2, 0.25) is 0 Å². The van der Waals surface area contributed by atoms with Crippen LogP contribution in [-0.4, -0.2) is 31.9 Å². The third-order valence-electron chi connectivity index (χ3n) is 1.22. The molecule has 66 valence electrons. The summed E-state index contributed by atoms with van der Waals surface area (Å²) in [6, 6.07) is 0. The Bertz CT molecular complexity index is 272. The van der Waals surface area contributed by atoms with E-state index in [0.717, 1.165) is 4.43 Å². The average molecular weight is 280 g/mol. The third-order valence-corrected chi connectivity index (χ3v) is 1.75. The van der Waals surface area contributed by atoms with Gasteiger partial charge in [-0.25, -0.2) is 0 Å². The molecule has 0 aliphatic heterocycles. The number of amides is 1. The van der Waals surface area contributed by atoms with Gasteiger partial charge in [0, 0.05) is 18.0 Å². The average Bonchev–Trinajstić information content (AvgIpc) is 2.47. The number of nitrogens with one attached hydrogen (secondary N) is 1. The van der Waals surface area contributed by atoms with Gasteiger partial charge in [0.05, 0.1) is 6.20 Å². The fraction of sp³-hybridized carbons (Fsp3) is 0.500. The Morgan fingerprint density at radius 1 is 1.83 bits per heavy atom. The molecule has 1 rings (SSSR count). The lowest BCUT2D eigenvalue weighted by Crippen LogP contribution is -2.25. The molecule has 12 heavy (non-hydrogen) atoms. The van der Waals surface area contributed by atoms with Crippen molar-refractivity contribution in [1.29, 1.82) is 0 Å².